The van der Waals surface area contributed by atoms with Gasteiger partial charge in [-0.05, 0) is 18.9 Å². The quantitative estimate of drug-likeness (QED) is 0.851. The second-order valence-corrected chi connectivity index (χ2v) is 7.72. The molecule has 2 aromatic rings. The van der Waals surface area contributed by atoms with Crippen LogP contribution in [0.1, 0.15) is 30.4 Å². The van der Waals surface area contributed by atoms with Crippen LogP contribution in [0, 0.1) is 17.7 Å². The molecule has 1 aromatic carbocycles. The third kappa shape index (κ3) is 3.22. The van der Waals surface area contributed by atoms with Gasteiger partial charge in [0.15, 0.2) is 0 Å². The largest absolute Gasteiger partial charge is 0.481 e. The average Bonchev–Trinajstić information content (AvgIpc) is 2.70. The van der Waals surface area contributed by atoms with Crippen molar-refractivity contribution in [1.29, 1.82) is 0 Å². The van der Waals surface area contributed by atoms with Crippen LogP contribution in [0.15, 0.2) is 30.5 Å². The maximum atomic E-state index is 14.1. The number of nitrogens with zero attached hydrogens (tertiary/aromatic N) is 3. The van der Waals surface area contributed by atoms with Crippen molar-refractivity contribution in [1.82, 2.24) is 14.9 Å². The summed E-state index contributed by atoms with van der Waals surface area (Å²) in [5, 5.41) is 11.8. The summed E-state index contributed by atoms with van der Waals surface area (Å²) in [6.45, 7) is 1.93. The first-order chi connectivity index (χ1) is 13.6. The molecule has 1 aliphatic heterocycles. The fourth-order valence-corrected chi connectivity index (χ4v) is 4.86. The Bertz CT molecular complexity index is 833. The van der Waals surface area contributed by atoms with E-state index in [4.69, 9.17) is 9.47 Å². The van der Waals surface area contributed by atoms with Gasteiger partial charge in [-0.3, -0.25) is 4.90 Å². The van der Waals surface area contributed by atoms with E-state index in [0.29, 0.717) is 36.6 Å². The first kappa shape index (κ1) is 19.1. The van der Waals surface area contributed by atoms with Crippen LogP contribution in [-0.2, 0) is 12.1 Å². The van der Waals surface area contributed by atoms with Crippen molar-refractivity contribution in [2.75, 3.05) is 27.3 Å². The highest BCUT2D eigenvalue weighted by molar-refractivity contribution is 5.34. The van der Waals surface area contributed by atoms with Crippen molar-refractivity contribution in [3.05, 3.63) is 47.4 Å². The summed E-state index contributed by atoms with van der Waals surface area (Å²) < 4.78 is 24.6. The molecule has 6 nitrogen and oxygen atoms in total. The van der Waals surface area contributed by atoms with Crippen LogP contribution < -0.4 is 9.47 Å². The maximum Gasteiger partial charge on any atom is 0.319 e. The molecule has 1 saturated carbocycles. The van der Waals surface area contributed by atoms with Crippen LogP contribution in [0.3, 0.4) is 0 Å². The molecule has 1 aromatic heterocycles. The van der Waals surface area contributed by atoms with Gasteiger partial charge in [0.05, 0.1) is 19.8 Å². The third-order valence-electron chi connectivity index (χ3n) is 6.20. The SMILES string of the molecule is COc1ncc(C2(O)[C@@H]3CCC[C@H]2CN(Cc2ccccc2F)C3)c(OC)n1. The minimum absolute atomic E-state index is 0.0117. The molecule has 0 radical (unpaired) electrons. The van der Waals surface area contributed by atoms with Crippen molar-refractivity contribution in [2.45, 2.75) is 31.4 Å². The molecule has 28 heavy (non-hydrogen) atoms. The molecule has 2 fully saturated rings. The van der Waals surface area contributed by atoms with E-state index in [-0.39, 0.29) is 23.7 Å². The second kappa shape index (κ2) is 7.64. The molecule has 1 aliphatic carbocycles. The number of piperidine rings is 1. The number of fused-ring (bicyclic) bond motifs is 2. The Balaban J connectivity index is 1.63. The fraction of sp³-hybridized carbons (Fsp3) is 0.524. The zero-order valence-electron chi connectivity index (χ0n) is 16.3. The van der Waals surface area contributed by atoms with Gasteiger partial charge in [0.1, 0.15) is 11.4 Å². The number of benzene rings is 1. The number of ether oxygens (including phenoxy) is 2. The van der Waals surface area contributed by atoms with E-state index >= 15 is 0 Å². The minimum atomic E-state index is -1.05. The number of hydrogen-bond donors (Lipinski definition) is 1. The lowest BCUT2D eigenvalue weighted by molar-refractivity contribution is -0.149. The Morgan fingerprint density at radius 1 is 1.18 bits per heavy atom. The predicted molar refractivity (Wildman–Crippen MR) is 102 cm³/mol. The molecule has 0 spiro atoms. The topological polar surface area (TPSA) is 67.7 Å². The van der Waals surface area contributed by atoms with E-state index < -0.39 is 5.60 Å². The minimum Gasteiger partial charge on any atom is -0.481 e. The van der Waals surface area contributed by atoms with Gasteiger partial charge in [0, 0.05) is 43.2 Å². The highest BCUT2D eigenvalue weighted by Gasteiger charge is 2.53. The van der Waals surface area contributed by atoms with E-state index in [1.807, 2.05) is 12.1 Å². The first-order valence-corrected chi connectivity index (χ1v) is 9.69. The van der Waals surface area contributed by atoms with Crippen LogP contribution in [0.4, 0.5) is 4.39 Å². The normalized spacial score (nSPS) is 27.4. The van der Waals surface area contributed by atoms with Crippen molar-refractivity contribution >= 4 is 0 Å². The molecule has 0 amide bonds. The number of methoxy groups -OCH3 is 2. The number of halogens is 1. The predicted octanol–water partition coefficient (Wildman–Crippen LogP) is 2.75. The first-order valence-electron chi connectivity index (χ1n) is 9.69. The van der Waals surface area contributed by atoms with Crippen LogP contribution in [0.2, 0.25) is 0 Å². The van der Waals surface area contributed by atoms with Gasteiger partial charge in [0.25, 0.3) is 0 Å². The smallest absolute Gasteiger partial charge is 0.319 e. The van der Waals surface area contributed by atoms with E-state index in [1.54, 1.807) is 12.3 Å². The molecule has 7 heteroatoms. The van der Waals surface area contributed by atoms with Gasteiger partial charge in [-0.15, -0.1) is 0 Å². The lowest BCUT2D eigenvalue weighted by Crippen LogP contribution is -2.58. The van der Waals surface area contributed by atoms with E-state index in [1.165, 1.54) is 20.3 Å². The zero-order valence-corrected chi connectivity index (χ0v) is 16.3. The van der Waals surface area contributed by atoms with Gasteiger partial charge < -0.3 is 14.6 Å². The highest BCUT2D eigenvalue weighted by atomic mass is 19.1. The summed E-state index contributed by atoms with van der Waals surface area (Å²) in [7, 11) is 3.04. The molecule has 3 atom stereocenters. The van der Waals surface area contributed by atoms with Crippen LogP contribution >= 0.6 is 0 Å². The van der Waals surface area contributed by atoms with E-state index in [9.17, 15) is 9.50 Å². The molecule has 1 saturated heterocycles. The Kier molecular flexibility index (Phi) is 5.21. The van der Waals surface area contributed by atoms with E-state index in [2.05, 4.69) is 14.9 Å². The molecule has 2 aliphatic rings. The van der Waals surface area contributed by atoms with Gasteiger partial charge >= 0.3 is 6.01 Å². The Morgan fingerprint density at radius 3 is 2.54 bits per heavy atom. The van der Waals surface area contributed by atoms with Crippen LogP contribution in [0.5, 0.6) is 11.9 Å². The summed E-state index contributed by atoms with van der Waals surface area (Å²) in [6, 6.07) is 7.10. The Hall–Kier alpha value is -2.25. The number of hydrogen-bond acceptors (Lipinski definition) is 6. The molecule has 1 N–H and O–H groups in total. The second-order valence-electron chi connectivity index (χ2n) is 7.72. The number of aliphatic hydroxyl groups is 1. The average molecular weight is 387 g/mol. The fourth-order valence-electron chi connectivity index (χ4n) is 4.86. The monoisotopic (exact) mass is 387 g/mol. The summed E-state index contributed by atoms with van der Waals surface area (Å²) >= 11 is 0. The molecular formula is C21H26FN3O3. The van der Waals surface area contributed by atoms with Crippen LogP contribution in [-0.4, -0.2) is 47.3 Å². The lowest BCUT2D eigenvalue weighted by Gasteiger charge is -2.53. The molecule has 2 bridgehead atoms. The lowest BCUT2D eigenvalue weighted by atomic mass is 9.63. The molecule has 150 valence electrons. The van der Waals surface area contributed by atoms with Crippen molar-refractivity contribution < 1.29 is 19.0 Å². The van der Waals surface area contributed by atoms with Crippen molar-refractivity contribution in [3.8, 4) is 11.9 Å². The van der Waals surface area contributed by atoms with Crippen molar-refractivity contribution in [3.63, 3.8) is 0 Å². The Morgan fingerprint density at radius 2 is 1.89 bits per heavy atom. The Labute approximate surface area is 164 Å². The number of rotatable bonds is 5. The summed E-state index contributed by atoms with van der Waals surface area (Å²) in [5.41, 5.74) is 0.258. The number of likely N-dealkylation sites (tertiary alicyclic amines) is 1. The standard InChI is InChI=1S/C21H26FN3O3/c1-27-19-17(10-23-20(24-19)28-2)21(26)15-7-5-8-16(21)13-25(12-15)11-14-6-3-4-9-18(14)22/h3-4,6,9-10,15-16,26H,5,7-8,11-13H2,1-2H3/t15-,16+,21?. The van der Waals surface area contributed by atoms with E-state index in [0.717, 1.165) is 19.3 Å². The number of aromatic nitrogens is 2. The molecule has 4 rings (SSSR count). The highest BCUT2D eigenvalue weighted by Crippen LogP contribution is 2.51. The van der Waals surface area contributed by atoms with Crippen LogP contribution in [0.25, 0.3) is 0 Å². The third-order valence-corrected chi connectivity index (χ3v) is 6.20. The van der Waals surface area contributed by atoms with Gasteiger partial charge in [-0.1, -0.05) is 24.6 Å². The molecular weight excluding hydrogens is 361 g/mol. The summed E-state index contributed by atoms with van der Waals surface area (Å²) in [5.74, 6) is 0.197. The van der Waals surface area contributed by atoms with Gasteiger partial charge in [-0.25, -0.2) is 9.37 Å². The maximum absolute atomic E-state index is 14.1. The van der Waals surface area contributed by atoms with Gasteiger partial charge in [-0.2, -0.15) is 4.98 Å². The molecule has 2 heterocycles. The molecule has 1 unspecified atom stereocenters. The zero-order chi connectivity index (χ0) is 19.7. The van der Waals surface area contributed by atoms with Gasteiger partial charge in [0.2, 0.25) is 5.88 Å². The summed E-state index contributed by atoms with van der Waals surface area (Å²) in [4.78, 5) is 10.7. The van der Waals surface area contributed by atoms with Crippen molar-refractivity contribution in [2.24, 2.45) is 11.8 Å². The summed E-state index contributed by atoms with van der Waals surface area (Å²) in [6.07, 6.45) is 4.50.